The highest BCUT2D eigenvalue weighted by molar-refractivity contribution is 9.10. The lowest BCUT2D eigenvalue weighted by molar-refractivity contribution is 0.355. The number of hydrogen-bond donors (Lipinski definition) is 2. The van der Waals surface area contributed by atoms with Crippen LogP contribution in [0.5, 0.6) is 11.5 Å². The Hall–Kier alpha value is -1.88. The second kappa shape index (κ2) is 6.05. The summed E-state index contributed by atoms with van der Waals surface area (Å²) in [6.07, 6.45) is 0. The number of rotatable bonds is 4. The second-order valence-electron chi connectivity index (χ2n) is 4.33. The fourth-order valence-electron chi connectivity index (χ4n) is 1.89. The summed E-state index contributed by atoms with van der Waals surface area (Å²) in [5.74, 6) is 1.25. The molecule has 0 aromatic heterocycles. The van der Waals surface area contributed by atoms with Gasteiger partial charge in [0, 0.05) is 22.3 Å². The molecule has 5 heteroatoms. The van der Waals surface area contributed by atoms with Gasteiger partial charge in [0.25, 0.3) is 0 Å². The van der Waals surface area contributed by atoms with Gasteiger partial charge in [-0.2, -0.15) is 0 Å². The van der Waals surface area contributed by atoms with E-state index in [2.05, 4.69) is 21.2 Å². The van der Waals surface area contributed by atoms with E-state index in [1.807, 2.05) is 31.2 Å². The highest BCUT2D eigenvalue weighted by Gasteiger charge is 2.10. The van der Waals surface area contributed by atoms with E-state index in [0.717, 1.165) is 21.4 Å². The van der Waals surface area contributed by atoms with Crippen LogP contribution in [0.4, 0.5) is 17.1 Å². The molecule has 0 saturated heterocycles. The Balaban J connectivity index is 2.41. The molecule has 3 N–H and O–H groups in total. The number of nitrogen functional groups attached to an aromatic ring is 1. The fraction of sp³-hybridized carbons (Fsp3) is 0.200. The smallest absolute Gasteiger partial charge is 0.162 e. The Bertz CT molecular complexity index is 630. The first-order valence-corrected chi connectivity index (χ1v) is 6.89. The zero-order chi connectivity index (χ0) is 14.7. The van der Waals surface area contributed by atoms with Crippen molar-refractivity contribution in [2.75, 3.05) is 25.3 Å². The second-order valence-corrected chi connectivity index (χ2v) is 5.19. The van der Waals surface area contributed by atoms with Crippen molar-refractivity contribution in [3.63, 3.8) is 0 Å². The van der Waals surface area contributed by atoms with Crippen molar-refractivity contribution in [1.82, 2.24) is 0 Å². The molecule has 0 radical (unpaired) electrons. The van der Waals surface area contributed by atoms with Crippen LogP contribution in [-0.2, 0) is 0 Å². The topological polar surface area (TPSA) is 56.5 Å². The van der Waals surface area contributed by atoms with Crippen LogP contribution < -0.4 is 20.5 Å². The predicted octanol–water partition coefficient (Wildman–Crippen LogP) is 4.10. The fourth-order valence-corrected chi connectivity index (χ4v) is 2.26. The largest absolute Gasteiger partial charge is 0.493 e. The lowest BCUT2D eigenvalue weighted by atomic mass is 10.1. The first-order chi connectivity index (χ1) is 9.56. The standard InChI is InChI=1S/C15H17BrN2O2/c1-9-10(16)5-4-6-12(9)18-13-8-15(20-3)14(19-2)7-11(13)17/h4-8,18H,17H2,1-3H3. The minimum atomic E-state index is 0.599. The van der Waals surface area contributed by atoms with Gasteiger partial charge < -0.3 is 20.5 Å². The number of anilines is 3. The maximum Gasteiger partial charge on any atom is 0.162 e. The lowest BCUT2D eigenvalue weighted by Gasteiger charge is -2.15. The van der Waals surface area contributed by atoms with Gasteiger partial charge in [0.15, 0.2) is 11.5 Å². The Morgan fingerprint density at radius 1 is 1.05 bits per heavy atom. The van der Waals surface area contributed by atoms with Crippen molar-refractivity contribution >= 4 is 33.0 Å². The summed E-state index contributed by atoms with van der Waals surface area (Å²) in [6, 6.07) is 9.54. The Morgan fingerprint density at radius 3 is 2.35 bits per heavy atom. The number of nitrogens with one attached hydrogen (secondary N) is 1. The van der Waals surface area contributed by atoms with Gasteiger partial charge in [0.05, 0.1) is 25.6 Å². The van der Waals surface area contributed by atoms with Crippen molar-refractivity contribution < 1.29 is 9.47 Å². The van der Waals surface area contributed by atoms with E-state index in [9.17, 15) is 0 Å². The van der Waals surface area contributed by atoms with Crippen molar-refractivity contribution in [2.24, 2.45) is 0 Å². The van der Waals surface area contributed by atoms with Crippen LogP contribution in [0, 0.1) is 6.92 Å². The molecule has 0 amide bonds. The van der Waals surface area contributed by atoms with Crippen LogP contribution in [0.25, 0.3) is 0 Å². The van der Waals surface area contributed by atoms with E-state index >= 15 is 0 Å². The molecule has 0 atom stereocenters. The summed E-state index contributed by atoms with van der Waals surface area (Å²) >= 11 is 3.51. The molecule has 2 rings (SSSR count). The number of hydrogen-bond acceptors (Lipinski definition) is 4. The minimum Gasteiger partial charge on any atom is -0.493 e. The van der Waals surface area contributed by atoms with E-state index in [4.69, 9.17) is 15.2 Å². The third-order valence-electron chi connectivity index (χ3n) is 3.09. The van der Waals surface area contributed by atoms with Crippen molar-refractivity contribution in [1.29, 1.82) is 0 Å². The first kappa shape index (κ1) is 14.5. The van der Waals surface area contributed by atoms with Gasteiger partial charge in [-0.05, 0) is 24.6 Å². The summed E-state index contributed by atoms with van der Waals surface area (Å²) in [7, 11) is 3.19. The van der Waals surface area contributed by atoms with Crippen LogP contribution in [0.3, 0.4) is 0 Å². The highest BCUT2D eigenvalue weighted by Crippen LogP contribution is 2.37. The van der Waals surface area contributed by atoms with Gasteiger partial charge in [-0.1, -0.05) is 22.0 Å². The summed E-state index contributed by atoms with van der Waals surface area (Å²) in [6.45, 7) is 2.03. The number of ether oxygens (including phenoxy) is 2. The molecule has 0 aliphatic carbocycles. The minimum absolute atomic E-state index is 0.599. The number of benzene rings is 2. The maximum atomic E-state index is 6.05. The molecule has 0 heterocycles. The molecule has 0 fully saturated rings. The average Bonchev–Trinajstić information content (AvgIpc) is 2.45. The van der Waals surface area contributed by atoms with Gasteiger partial charge in [-0.25, -0.2) is 0 Å². The van der Waals surface area contributed by atoms with E-state index in [0.29, 0.717) is 17.2 Å². The molecule has 0 unspecified atom stereocenters. The van der Waals surface area contributed by atoms with Gasteiger partial charge >= 0.3 is 0 Å². The van der Waals surface area contributed by atoms with Crippen LogP contribution >= 0.6 is 15.9 Å². The molecular formula is C15H17BrN2O2. The summed E-state index contributed by atoms with van der Waals surface area (Å²) in [4.78, 5) is 0. The molecule has 20 heavy (non-hydrogen) atoms. The highest BCUT2D eigenvalue weighted by atomic mass is 79.9. The van der Waals surface area contributed by atoms with E-state index in [1.165, 1.54) is 0 Å². The Labute approximate surface area is 127 Å². The number of nitrogens with two attached hydrogens (primary N) is 1. The van der Waals surface area contributed by atoms with Crippen LogP contribution in [0.1, 0.15) is 5.56 Å². The molecule has 0 spiro atoms. The van der Waals surface area contributed by atoms with Crippen LogP contribution in [0.2, 0.25) is 0 Å². The molecule has 0 bridgehead atoms. The monoisotopic (exact) mass is 336 g/mol. The predicted molar refractivity (Wildman–Crippen MR) is 86.1 cm³/mol. The van der Waals surface area contributed by atoms with Crippen LogP contribution in [0.15, 0.2) is 34.8 Å². The normalized spacial score (nSPS) is 10.2. The molecule has 0 saturated carbocycles. The molecule has 2 aromatic rings. The number of methoxy groups -OCH3 is 2. The molecular weight excluding hydrogens is 320 g/mol. The third kappa shape index (κ3) is 2.82. The van der Waals surface area contributed by atoms with E-state index in [1.54, 1.807) is 20.3 Å². The quantitative estimate of drug-likeness (QED) is 0.825. The van der Waals surface area contributed by atoms with Crippen molar-refractivity contribution in [3.8, 4) is 11.5 Å². The SMILES string of the molecule is COc1cc(N)c(Nc2cccc(Br)c2C)cc1OC. The molecule has 4 nitrogen and oxygen atoms in total. The first-order valence-electron chi connectivity index (χ1n) is 6.10. The summed E-state index contributed by atoms with van der Waals surface area (Å²) in [5.41, 5.74) is 9.52. The molecule has 0 aliphatic rings. The average molecular weight is 337 g/mol. The summed E-state index contributed by atoms with van der Waals surface area (Å²) in [5, 5.41) is 3.32. The molecule has 0 aliphatic heterocycles. The van der Waals surface area contributed by atoms with Gasteiger partial charge in [0.2, 0.25) is 0 Å². The van der Waals surface area contributed by atoms with Crippen molar-refractivity contribution in [2.45, 2.75) is 6.92 Å². The summed E-state index contributed by atoms with van der Waals surface area (Å²) < 4.78 is 11.6. The Morgan fingerprint density at radius 2 is 1.70 bits per heavy atom. The Kier molecular flexibility index (Phi) is 4.39. The maximum absolute atomic E-state index is 6.05. The molecule has 2 aromatic carbocycles. The van der Waals surface area contributed by atoms with Gasteiger partial charge in [-0.15, -0.1) is 0 Å². The lowest BCUT2D eigenvalue weighted by Crippen LogP contribution is -2.00. The van der Waals surface area contributed by atoms with Gasteiger partial charge in [0.1, 0.15) is 0 Å². The van der Waals surface area contributed by atoms with E-state index < -0.39 is 0 Å². The van der Waals surface area contributed by atoms with E-state index in [-0.39, 0.29) is 0 Å². The zero-order valence-electron chi connectivity index (χ0n) is 11.7. The zero-order valence-corrected chi connectivity index (χ0v) is 13.2. The third-order valence-corrected chi connectivity index (χ3v) is 3.95. The van der Waals surface area contributed by atoms with Gasteiger partial charge in [-0.3, -0.25) is 0 Å². The number of halogens is 1. The van der Waals surface area contributed by atoms with Crippen LogP contribution in [-0.4, -0.2) is 14.2 Å². The van der Waals surface area contributed by atoms with Crippen molar-refractivity contribution in [3.05, 3.63) is 40.4 Å². The molecule has 106 valence electrons.